The van der Waals surface area contributed by atoms with Crippen molar-refractivity contribution in [3.63, 3.8) is 0 Å². The molecular weight excluding hydrogens is 378 g/mol. The first kappa shape index (κ1) is 19.3. The van der Waals surface area contributed by atoms with Crippen molar-refractivity contribution in [3.8, 4) is 11.5 Å². The normalized spacial score (nSPS) is 19.0. The third kappa shape index (κ3) is 4.43. The second kappa shape index (κ2) is 8.05. The number of benzene rings is 1. The van der Waals surface area contributed by atoms with E-state index in [4.69, 9.17) is 21.1 Å². The number of fused-ring (bicyclic) bond motifs is 1. The van der Waals surface area contributed by atoms with Crippen LogP contribution in [-0.4, -0.2) is 38.8 Å². The maximum Gasteiger partial charge on any atom is 0.238 e. The van der Waals surface area contributed by atoms with Gasteiger partial charge in [0.25, 0.3) is 0 Å². The van der Waals surface area contributed by atoms with Crippen LogP contribution < -0.4 is 14.8 Å². The lowest BCUT2D eigenvalue weighted by Crippen LogP contribution is -2.42. The molecule has 0 aromatic heterocycles. The summed E-state index contributed by atoms with van der Waals surface area (Å²) in [5.41, 5.74) is 0.486. The Morgan fingerprint density at radius 1 is 1.23 bits per heavy atom. The van der Waals surface area contributed by atoms with E-state index in [0.29, 0.717) is 35.3 Å². The van der Waals surface area contributed by atoms with Gasteiger partial charge in [-0.15, -0.1) is 0 Å². The number of rotatable bonds is 5. The maximum absolute atomic E-state index is 12.7. The average Bonchev–Trinajstić information content (AvgIpc) is 2.96. The monoisotopic (exact) mass is 401 g/mol. The molecule has 1 atom stereocenters. The van der Waals surface area contributed by atoms with Gasteiger partial charge in [-0.2, -0.15) is 0 Å². The molecule has 1 fully saturated rings. The highest BCUT2D eigenvalue weighted by atomic mass is 35.5. The molecule has 8 heteroatoms. The zero-order chi connectivity index (χ0) is 18.7. The van der Waals surface area contributed by atoms with Gasteiger partial charge in [0.1, 0.15) is 5.25 Å². The molecule has 1 saturated carbocycles. The van der Waals surface area contributed by atoms with Crippen LogP contribution in [0.2, 0.25) is 5.02 Å². The second-order valence-electron chi connectivity index (χ2n) is 6.89. The number of carbonyl (C=O) groups is 1. The fourth-order valence-electron chi connectivity index (χ4n) is 3.28. The van der Waals surface area contributed by atoms with Crippen molar-refractivity contribution in [2.24, 2.45) is 0 Å². The highest BCUT2D eigenvalue weighted by Crippen LogP contribution is 2.38. The summed E-state index contributed by atoms with van der Waals surface area (Å²) in [6.45, 7) is 2.42. The second-order valence-corrected chi connectivity index (χ2v) is 9.62. The average molecular weight is 402 g/mol. The first-order valence-corrected chi connectivity index (χ1v) is 11.1. The summed E-state index contributed by atoms with van der Waals surface area (Å²) in [4.78, 5) is 12.3. The number of amides is 1. The number of carbonyl (C=O) groups excluding carboxylic acids is 1. The number of hydrogen-bond acceptors (Lipinski definition) is 5. The lowest BCUT2D eigenvalue weighted by Gasteiger charge is -2.18. The fraction of sp³-hybridized carbons (Fsp3) is 0.611. The molecule has 144 valence electrons. The van der Waals surface area contributed by atoms with Crippen LogP contribution >= 0.6 is 11.6 Å². The highest BCUT2D eigenvalue weighted by Gasteiger charge is 2.31. The number of hydrogen-bond donors (Lipinski definition) is 1. The molecule has 0 spiro atoms. The lowest BCUT2D eigenvalue weighted by molar-refractivity contribution is -0.121. The number of nitrogens with one attached hydrogen (secondary N) is 1. The van der Waals surface area contributed by atoms with Gasteiger partial charge in [-0.3, -0.25) is 4.79 Å². The van der Waals surface area contributed by atoms with Gasteiger partial charge in [0.05, 0.1) is 24.0 Å². The summed E-state index contributed by atoms with van der Waals surface area (Å²) >= 11 is 6.23. The predicted molar refractivity (Wildman–Crippen MR) is 99.5 cm³/mol. The van der Waals surface area contributed by atoms with Crippen molar-refractivity contribution >= 4 is 27.3 Å². The largest absolute Gasteiger partial charge is 0.489 e. The molecule has 1 unspecified atom stereocenters. The summed E-state index contributed by atoms with van der Waals surface area (Å²) < 4.78 is 36.5. The zero-order valence-electron chi connectivity index (χ0n) is 14.8. The van der Waals surface area contributed by atoms with Crippen LogP contribution in [0.4, 0.5) is 0 Å². The van der Waals surface area contributed by atoms with E-state index in [1.165, 1.54) is 6.92 Å². The molecule has 0 saturated heterocycles. The summed E-state index contributed by atoms with van der Waals surface area (Å²) in [5, 5.41) is 2.06. The first-order valence-electron chi connectivity index (χ1n) is 8.97. The third-order valence-electron chi connectivity index (χ3n) is 4.84. The number of halogens is 1. The van der Waals surface area contributed by atoms with E-state index in [1.54, 1.807) is 12.1 Å². The quantitative estimate of drug-likeness (QED) is 0.820. The van der Waals surface area contributed by atoms with Gasteiger partial charge in [-0.05, 0) is 37.5 Å². The van der Waals surface area contributed by atoms with E-state index in [9.17, 15) is 13.2 Å². The van der Waals surface area contributed by atoms with Gasteiger partial charge in [0.2, 0.25) is 5.91 Å². The van der Waals surface area contributed by atoms with Crippen LogP contribution in [0.15, 0.2) is 12.1 Å². The van der Waals surface area contributed by atoms with E-state index in [2.05, 4.69) is 5.32 Å². The van der Waals surface area contributed by atoms with Crippen molar-refractivity contribution in [2.45, 2.75) is 56.1 Å². The summed E-state index contributed by atoms with van der Waals surface area (Å²) in [6, 6.07) is 3.28. The summed E-state index contributed by atoms with van der Waals surface area (Å²) in [6.07, 6.45) is 4.70. The smallest absolute Gasteiger partial charge is 0.238 e. The van der Waals surface area contributed by atoms with Crippen LogP contribution in [0.3, 0.4) is 0 Å². The molecule has 1 N–H and O–H groups in total. The topological polar surface area (TPSA) is 81.7 Å². The minimum atomic E-state index is -3.67. The Kier molecular flexibility index (Phi) is 5.97. The molecule has 0 bridgehead atoms. The Morgan fingerprint density at radius 3 is 2.65 bits per heavy atom. The van der Waals surface area contributed by atoms with Gasteiger partial charge < -0.3 is 14.8 Å². The molecule has 1 aliphatic carbocycles. The van der Waals surface area contributed by atoms with Gasteiger partial charge in [-0.1, -0.05) is 24.4 Å². The van der Waals surface area contributed by atoms with E-state index in [0.717, 1.165) is 32.1 Å². The number of ether oxygens (including phenoxy) is 2. The SMILES string of the molecule is CC(C(=O)NC1CCCC1)S(=O)(=O)Cc1cc(Cl)c2c(c1)OCCCO2. The van der Waals surface area contributed by atoms with Gasteiger partial charge >= 0.3 is 0 Å². The fourth-order valence-corrected chi connectivity index (χ4v) is 4.84. The van der Waals surface area contributed by atoms with Crippen molar-refractivity contribution in [1.82, 2.24) is 5.32 Å². The van der Waals surface area contributed by atoms with Crippen LogP contribution in [-0.2, 0) is 20.4 Å². The van der Waals surface area contributed by atoms with Gasteiger partial charge in [0, 0.05) is 12.5 Å². The maximum atomic E-state index is 12.7. The molecule has 2 aliphatic rings. The standard InChI is InChI=1S/C18H24ClNO5S/c1-12(18(21)20-14-5-2-3-6-14)26(22,23)11-13-9-15(19)17-16(10-13)24-7-4-8-25-17/h9-10,12,14H,2-8,11H2,1H3,(H,20,21). The Bertz CT molecular complexity index is 774. The molecule has 1 aliphatic heterocycles. The van der Waals surface area contributed by atoms with Crippen LogP contribution in [0.1, 0.15) is 44.6 Å². The molecule has 0 radical (unpaired) electrons. The van der Waals surface area contributed by atoms with Crippen LogP contribution in [0, 0.1) is 0 Å². The van der Waals surface area contributed by atoms with Crippen molar-refractivity contribution in [1.29, 1.82) is 0 Å². The molecule has 1 aromatic carbocycles. The molecular formula is C18H24ClNO5S. The third-order valence-corrected chi connectivity index (χ3v) is 7.15. The predicted octanol–water partition coefficient (Wildman–Crippen LogP) is 2.86. The van der Waals surface area contributed by atoms with E-state index >= 15 is 0 Å². The van der Waals surface area contributed by atoms with Crippen LogP contribution in [0.25, 0.3) is 0 Å². The van der Waals surface area contributed by atoms with E-state index in [-0.39, 0.29) is 11.8 Å². The number of sulfone groups is 1. The minimum absolute atomic E-state index is 0.0904. The summed E-state index contributed by atoms with van der Waals surface area (Å²) in [7, 11) is -3.67. The Labute approximate surface area is 159 Å². The highest BCUT2D eigenvalue weighted by molar-refractivity contribution is 7.92. The van der Waals surface area contributed by atoms with Gasteiger partial charge in [-0.25, -0.2) is 8.42 Å². The van der Waals surface area contributed by atoms with Gasteiger partial charge in [0.15, 0.2) is 21.3 Å². The molecule has 1 heterocycles. The lowest BCUT2D eigenvalue weighted by atomic mass is 10.2. The molecule has 1 aromatic rings. The first-order chi connectivity index (χ1) is 12.4. The Hall–Kier alpha value is -1.47. The molecule has 1 amide bonds. The van der Waals surface area contributed by atoms with Crippen molar-refractivity contribution < 1.29 is 22.7 Å². The van der Waals surface area contributed by atoms with Crippen molar-refractivity contribution in [2.75, 3.05) is 13.2 Å². The summed E-state index contributed by atoms with van der Waals surface area (Å²) in [5.74, 6) is 0.181. The Balaban J connectivity index is 1.73. The van der Waals surface area contributed by atoms with E-state index in [1.807, 2.05) is 0 Å². The zero-order valence-corrected chi connectivity index (χ0v) is 16.4. The molecule has 6 nitrogen and oxygen atoms in total. The Morgan fingerprint density at radius 2 is 1.92 bits per heavy atom. The van der Waals surface area contributed by atoms with E-state index < -0.39 is 21.0 Å². The van der Waals surface area contributed by atoms with Crippen LogP contribution in [0.5, 0.6) is 11.5 Å². The minimum Gasteiger partial charge on any atom is -0.489 e. The molecule has 3 rings (SSSR count). The van der Waals surface area contributed by atoms with Crippen molar-refractivity contribution in [3.05, 3.63) is 22.7 Å². The molecule has 26 heavy (non-hydrogen) atoms.